The number of benzene rings is 1. The highest BCUT2D eigenvalue weighted by Crippen LogP contribution is 2.39. The summed E-state index contributed by atoms with van der Waals surface area (Å²) < 4.78 is 3.38. The second-order valence-corrected chi connectivity index (χ2v) is 9.92. The number of aromatic amines is 1. The van der Waals surface area contributed by atoms with Crippen LogP contribution < -0.4 is 16.6 Å². The van der Waals surface area contributed by atoms with Gasteiger partial charge in [-0.1, -0.05) is 51.1 Å². The average Bonchev–Trinajstić information content (AvgIpc) is 3.04. The fraction of sp³-hybridized carbons (Fsp3) is 0.542. The molecule has 0 amide bonds. The fourth-order valence-electron chi connectivity index (χ4n) is 5.29. The molecule has 166 valence electrons. The van der Waals surface area contributed by atoms with Gasteiger partial charge in [0.05, 0.1) is 0 Å². The van der Waals surface area contributed by atoms with Crippen LogP contribution in [0.1, 0.15) is 52.0 Å². The molecule has 0 saturated heterocycles. The smallest absolute Gasteiger partial charge is 0.329 e. The normalized spacial score (nSPS) is 20.8. The minimum atomic E-state index is -0.439. The monoisotopic (exact) mass is 423 g/mol. The van der Waals surface area contributed by atoms with E-state index in [-0.39, 0.29) is 11.0 Å². The molecular weight excluding hydrogens is 390 g/mol. The quantitative estimate of drug-likeness (QED) is 0.633. The summed E-state index contributed by atoms with van der Waals surface area (Å²) in [5, 5.41) is 3.63. The van der Waals surface area contributed by atoms with E-state index in [1.165, 1.54) is 16.6 Å². The number of nitrogens with one attached hydrogen (secondary N) is 2. The Morgan fingerprint density at radius 1 is 1.19 bits per heavy atom. The van der Waals surface area contributed by atoms with Crippen molar-refractivity contribution in [3.63, 3.8) is 0 Å². The first-order valence-electron chi connectivity index (χ1n) is 11.2. The number of aryl methyl sites for hydroxylation is 3. The molecule has 0 spiro atoms. The summed E-state index contributed by atoms with van der Waals surface area (Å²) in [6, 6.07) is 10.6. The Kier molecular flexibility index (Phi) is 5.77. The van der Waals surface area contributed by atoms with Crippen molar-refractivity contribution in [3.05, 3.63) is 56.7 Å². The number of nitrogens with zero attached hydrogens (tertiary/aromatic N) is 3. The Labute approximate surface area is 182 Å². The zero-order valence-electron chi connectivity index (χ0n) is 18.9. The van der Waals surface area contributed by atoms with Gasteiger partial charge in [0.1, 0.15) is 0 Å². The van der Waals surface area contributed by atoms with Gasteiger partial charge in [-0.15, -0.1) is 0 Å². The van der Waals surface area contributed by atoms with Gasteiger partial charge in [-0.2, -0.15) is 4.98 Å². The lowest BCUT2D eigenvalue weighted by molar-refractivity contribution is 0.177. The van der Waals surface area contributed by atoms with Crippen molar-refractivity contribution >= 4 is 17.1 Å². The number of aromatic nitrogens is 4. The maximum atomic E-state index is 12.7. The molecule has 1 aromatic carbocycles. The number of H-pyrrole nitrogens is 1. The molecule has 3 aromatic rings. The van der Waals surface area contributed by atoms with Crippen LogP contribution in [0.3, 0.4) is 0 Å². The molecule has 1 aliphatic carbocycles. The van der Waals surface area contributed by atoms with E-state index in [0.717, 1.165) is 25.7 Å². The number of anilines is 1. The molecule has 1 saturated carbocycles. The van der Waals surface area contributed by atoms with Gasteiger partial charge in [0.25, 0.3) is 5.56 Å². The van der Waals surface area contributed by atoms with Gasteiger partial charge >= 0.3 is 5.69 Å². The Balaban J connectivity index is 1.67. The van der Waals surface area contributed by atoms with Crippen LogP contribution in [0.25, 0.3) is 11.2 Å². The third-order valence-corrected chi connectivity index (χ3v) is 6.42. The fourth-order valence-corrected chi connectivity index (χ4v) is 5.29. The third kappa shape index (κ3) is 4.60. The molecular formula is C24H33N5O2. The van der Waals surface area contributed by atoms with E-state index >= 15 is 0 Å². The van der Waals surface area contributed by atoms with Crippen LogP contribution >= 0.6 is 0 Å². The highest BCUT2D eigenvalue weighted by molar-refractivity contribution is 5.74. The molecule has 7 heteroatoms. The van der Waals surface area contributed by atoms with Crippen LogP contribution in [-0.4, -0.2) is 25.1 Å². The Hall–Kier alpha value is -2.83. The van der Waals surface area contributed by atoms with Gasteiger partial charge in [-0.3, -0.25) is 14.3 Å². The molecule has 2 atom stereocenters. The molecule has 7 nitrogen and oxygen atoms in total. The van der Waals surface area contributed by atoms with E-state index in [4.69, 9.17) is 4.98 Å². The van der Waals surface area contributed by atoms with Crippen molar-refractivity contribution in [2.75, 3.05) is 5.32 Å². The zero-order chi connectivity index (χ0) is 22.2. The van der Waals surface area contributed by atoms with Crippen LogP contribution in [-0.2, 0) is 20.0 Å². The van der Waals surface area contributed by atoms with Crippen molar-refractivity contribution in [3.8, 4) is 0 Å². The minimum Gasteiger partial charge on any atom is -0.353 e. The van der Waals surface area contributed by atoms with E-state index in [2.05, 4.69) is 43.2 Å². The van der Waals surface area contributed by atoms with E-state index < -0.39 is 5.69 Å². The Morgan fingerprint density at radius 2 is 1.94 bits per heavy atom. The van der Waals surface area contributed by atoms with Gasteiger partial charge in [0.2, 0.25) is 5.95 Å². The molecule has 31 heavy (non-hydrogen) atoms. The molecule has 0 unspecified atom stereocenters. The third-order valence-electron chi connectivity index (χ3n) is 6.42. The summed E-state index contributed by atoms with van der Waals surface area (Å²) in [6.07, 6.45) is 5.13. The summed E-state index contributed by atoms with van der Waals surface area (Å²) >= 11 is 0. The zero-order valence-corrected chi connectivity index (χ0v) is 18.9. The Bertz CT molecular complexity index is 1170. The molecule has 1 aliphatic rings. The maximum absolute atomic E-state index is 12.7. The van der Waals surface area contributed by atoms with Crippen molar-refractivity contribution < 1.29 is 0 Å². The lowest BCUT2D eigenvalue weighted by Crippen LogP contribution is -2.36. The molecule has 2 N–H and O–H groups in total. The summed E-state index contributed by atoms with van der Waals surface area (Å²) in [5.74, 6) is 1.31. The number of hydrogen-bond donors (Lipinski definition) is 2. The van der Waals surface area contributed by atoms with Crippen molar-refractivity contribution in [1.29, 1.82) is 0 Å². The van der Waals surface area contributed by atoms with E-state index in [0.29, 0.717) is 35.6 Å². The first-order valence-corrected chi connectivity index (χ1v) is 11.2. The first kappa shape index (κ1) is 21.4. The van der Waals surface area contributed by atoms with E-state index in [1.807, 2.05) is 22.8 Å². The largest absolute Gasteiger partial charge is 0.353 e. The molecule has 1 fully saturated rings. The lowest BCUT2D eigenvalue weighted by Gasteiger charge is -2.39. The molecule has 2 heterocycles. The highest BCUT2D eigenvalue weighted by atomic mass is 16.2. The molecule has 2 aromatic heterocycles. The summed E-state index contributed by atoms with van der Waals surface area (Å²) in [7, 11) is 1.65. The minimum absolute atomic E-state index is 0.268. The highest BCUT2D eigenvalue weighted by Gasteiger charge is 2.33. The predicted octanol–water partition coefficient (Wildman–Crippen LogP) is 3.68. The van der Waals surface area contributed by atoms with Gasteiger partial charge in [-0.05, 0) is 49.0 Å². The molecule has 0 bridgehead atoms. The van der Waals surface area contributed by atoms with Gasteiger partial charge in [0, 0.05) is 19.6 Å². The van der Waals surface area contributed by atoms with Gasteiger partial charge in [-0.25, -0.2) is 4.79 Å². The summed E-state index contributed by atoms with van der Waals surface area (Å²) in [4.78, 5) is 32.0. The van der Waals surface area contributed by atoms with Crippen LogP contribution in [0.5, 0.6) is 0 Å². The van der Waals surface area contributed by atoms with Crippen LogP contribution in [0.15, 0.2) is 39.9 Å². The molecule has 4 rings (SSSR count). The van der Waals surface area contributed by atoms with E-state index in [1.54, 1.807) is 7.05 Å². The van der Waals surface area contributed by atoms with E-state index in [9.17, 15) is 9.59 Å². The number of fused-ring (bicyclic) bond motifs is 1. The van der Waals surface area contributed by atoms with Gasteiger partial charge < -0.3 is 9.88 Å². The van der Waals surface area contributed by atoms with Crippen molar-refractivity contribution in [1.82, 2.24) is 19.1 Å². The summed E-state index contributed by atoms with van der Waals surface area (Å²) in [5.41, 5.74) is 1.61. The molecule has 0 radical (unpaired) electrons. The van der Waals surface area contributed by atoms with Crippen molar-refractivity contribution in [2.45, 2.75) is 65.5 Å². The molecule has 0 aliphatic heterocycles. The second kappa shape index (κ2) is 8.36. The predicted molar refractivity (Wildman–Crippen MR) is 125 cm³/mol. The SMILES string of the molecule is C[C@@H]1C[C@H](Nc2nc3c(c(=O)[nH]c(=O)n3C)n2CCCc2ccccc2)CC(C)(C)C1. The van der Waals surface area contributed by atoms with Gasteiger partial charge in [0.15, 0.2) is 11.2 Å². The maximum Gasteiger partial charge on any atom is 0.329 e. The first-order chi connectivity index (χ1) is 14.7. The topological polar surface area (TPSA) is 84.7 Å². The average molecular weight is 424 g/mol. The summed E-state index contributed by atoms with van der Waals surface area (Å²) in [6.45, 7) is 7.58. The lowest BCUT2D eigenvalue weighted by atomic mass is 9.71. The van der Waals surface area contributed by atoms with Crippen molar-refractivity contribution in [2.24, 2.45) is 18.4 Å². The van der Waals surface area contributed by atoms with Crippen LogP contribution in [0.4, 0.5) is 5.95 Å². The standard InChI is InChI=1S/C24H33N5O2/c1-16-13-18(15-24(2,3)14-16)25-22-26-20-19(21(30)27-23(31)28(20)4)29(22)12-8-11-17-9-6-5-7-10-17/h5-7,9-10,16,18H,8,11-15H2,1-4H3,(H,25,26)(H,27,30,31)/t16-,18+/m1/s1. The Morgan fingerprint density at radius 3 is 2.65 bits per heavy atom. The second-order valence-electron chi connectivity index (χ2n) is 9.92. The number of imidazole rings is 1. The number of rotatable bonds is 6. The van der Waals surface area contributed by atoms with Crippen LogP contribution in [0, 0.1) is 11.3 Å². The van der Waals surface area contributed by atoms with Crippen LogP contribution in [0.2, 0.25) is 0 Å². The number of hydrogen-bond acceptors (Lipinski definition) is 4.